The van der Waals surface area contributed by atoms with Gasteiger partial charge in [0, 0.05) is 0 Å². The predicted molar refractivity (Wildman–Crippen MR) is 86.3 cm³/mol. The Hall–Kier alpha value is -2.42. The maximum absolute atomic E-state index is 11.8. The Morgan fingerprint density at radius 3 is 2.29 bits per heavy atom. The van der Waals surface area contributed by atoms with E-state index in [4.69, 9.17) is 0 Å². The second-order valence-corrected chi connectivity index (χ2v) is 4.95. The van der Waals surface area contributed by atoms with Crippen LogP contribution in [-0.4, -0.2) is 11.6 Å². The summed E-state index contributed by atoms with van der Waals surface area (Å²) in [5.74, 6) is -0.106. The molecule has 0 radical (unpaired) electrons. The maximum Gasteiger partial charge on any atom is 0.244 e. The molecular formula is C18H20N2O. The van der Waals surface area contributed by atoms with Gasteiger partial charge in [0.05, 0.1) is 12.1 Å². The third kappa shape index (κ3) is 4.56. The summed E-state index contributed by atoms with van der Waals surface area (Å²) in [6, 6.07) is 17.9. The minimum atomic E-state index is -0.106. The van der Waals surface area contributed by atoms with Gasteiger partial charge in [-0.1, -0.05) is 61.5 Å². The summed E-state index contributed by atoms with van der Waals surface area (Å²) in [6.07, 6.45) is 1.36. The number of hydrogen-bond acceptors (Lipinski definition) is 2. The smallest absolute Gasteiger partial charge is 0.244 e. The molecule has 2 aromatic carbocycles. The van der Waals surface area contributed by atoms with Crippen molar-refractivity contribution in [2.24, 2.45) is 5.10 Å². The highest BCUT2D eigenvalue weighted by molar-refractivity contribution is 5.99. The molecule has 0 aliphatic heterocycles. The van der Waals surface area contributed by atoms with Crippen molar-refractivity contribution in [3.05, 3.63) is 71.3 Å². The lowest BCUT2D eigenvalue weighted by Gasteiger charge is -2.04. The average molecular weight is 280 g/mol. The van der Waals surface area contributed by atoms with E-state index in [0.29, 0.717) is 6.42 Å². The third-order valence-corrected chi connectivity index (χ3v) is 3.34. The molecule has 0 aliphatic carbocycles. The molecule has 3 heteroatoms. The van der Waals surface area contributed by atoms with E-state index < -0.39 is 0 Å². The van der Waals surface area contributed by atoms with E-state index in [1.165, 1.54) is 5.56 Å². The number of benzene rings is 2. The molecule has 0 unspecified atom stereocenters. The van der Waals surface area contributed by atoms with E-state index >= 15 is 0 Å². The number of amides is 1. The zero-order valence-corrected chi connectivity index (χ0v) is 12.5. The maximum atomic E-state index is 11.8. The Balaban J connectivity index is 1.94. The number of carbonyl (C=O) groups is 1. The average Bonchev–Trinajstić information content (AvgIpc) is 2.53. The molecule has 2 aromatic rings. The fourth-order valence-electron chi connectivity index (χ4n) is 2.01. The Morgan fingerprint density at radius 2 is 1.67 bits per heavy atom. The Labute approximate surface area is 125 Å². The van der Waals surface area contributed by atoms with Crippen LogP contribution in [0.25, 0.3) is 0 Å². The number of carbonyl (C=O) groups excluding carboxylic acids is 1. The van der Waals surface area contributed by atoms with Gasteiger partial charge in [-0.15, -0.1) is 0 Å². The monoisotopic (exact) mass is 280 g/mol. The summed E-state index contributed by atoms with van der Waals surface area (Å²) < 4.78 is 0. The first-order valence-electron chi connectivity index (χ1n) is 7.15. The van der Waals surface area contributed by atoms with Crippen molar-refractivity contribution in [1.29, 1.82) is 0 Å². The van der Waals surface area contributed by atoms with Gasteiger partial charge in [-0.05, 0) is 30.0 Å². The van der Waals surface area contributed by atoms with Gasteiger partial charge in [0.2, 0.25) is 5.91 Å². The quantitative estimate of drug-likeness (QED) is 0.662. The van der Waals surface area contributed by atoms with E-state index in [2.05, 4.69) is 29.6 Å². The van der Waals surface area contributed by atoms with Gasteiger partial charge in [0.15, 0.2) is 0 Å². The molecule has 0 aliphatic rings. The van der Waals surface area contributed by atoms with Crippen LogP contribution < -0.4 is 5.43 Å². The first-order chi connectivity index (χ1) is 10.2. The molecule has 0 atom stereocenters. The number of nitrogens with zero attached hydrogens (tertiary/aromatic N) is 1. The van der Waals surface area contributed by atoms with E-state index in [-0.39, 0.29) is 5.91 Å². The summed E-state index contributed by atoms with van der Waals surface area (Å²) in [5, 5.41) is 4.16. The lowest BCUT2D eigenvalue weighted by atomic mass is 10.1. The molecule has 0 aromatic heterocycles. The van der Waals surface area contributed by atoms with Crippen molar-refractivity contribution in [3.8, 4) is 0 Å². The predicted octanol–water partition coefficient (Wildman–Crippen LogP) is 3.33. The molecule has 2 rings (SSSR count). The molecule has 0 saturated heterocycles. The van der Waals surface area contributed by atoms with Crippen molar-refractivity contribution < 1.29 is 4.79 Å². The minimum absolute atomic E-state index is 0.106. The summed E-state index contributed by atoms with van der Waals surface area (Å²) in [7, 11) is 0. The first kappa shape index (κ1) is 15.0. The van der Waals surface area contributed by atoms with Crippen molar-refractivity contribution >= 4 is 11.6 Å². The highest BCUT2D eigenvalue weighted by Crippen LogP contribution is 2.06. The number of hydrogen-bond donors (Lipinski definition) is 1. The molecule has 1 amide bonds. The molecule has 1 N–H and O–H groups in total. The third-order valence-electron chi connectivity index (χ3n) is 3.34. The van der Waals surface area contributed by atoms with Crippen LogP contribution >= 0.6 is 0 Å². The van der Waals surface area contributed by atoms with Crippen LogP contribution in [0.5, 0.6) is 0 Å². The summed E-state index contributed by atoms with van der Waals surface area (Å²) in [4.78, 5) is 11.8. The summed E-state index contributed by atoms with van der Waals surface area (Å²) in [5.41, 5.74) is 6.71. The van der Waals surface area contributed by atoms with Crippen molar-refractivity contribution in [3.63, 3.8) is 0 Å². The first-order valence-corrected chi connectivity index (χ1v) is 7.15. The lowest BCUT2D eigenvalue weighted by molar-refractivity contribution is -0.120. The van der Waals surface area contributed by atoms with Crippen LogP contribution in [-0.2, 0) is 17.6 Å². The fourth-order valence-corrected chi connectivity index (χ4v) is 2.01. The largest absolute Gasteiger partial charge is 0.273 e. The van der Waals surface area contributed by atoms with Gasteiger partial charge in [0.25, 0.3) is 0 Å². The molecule has 0 spiro atoms. The molecule has 0 fully saturated rings. The highest BCUT2D eigenvalue weighted by atomic mass is 16.2. The van der Waals surface area contributed by atoms with Gasteiger partial charge < -0.3 is 0 Å². The Bertz CT molecular complexity index is 615. The van der Waals surface area contributed by atoms with Crippen LogP contribution in [0, 0.1) is 0 Å². The molecule has 21 heavy (non-hydrogen) atoms. The number of aryl methyl sites for hydroxylation is 1. The van der Waals surface area contributed by atoms with Gasteiger partial charge in [0.1, 0.15) is 0 Å². The van der Waals surface area contributed by atoms with E-state index in [1.54, 1.807) is 0 Å². The number of rotatable bonds is 5. The van der Waals surface area contributed by atoms with Crippen molar-refractivity contribution in [2.45, 2.75) is 26.7 Å². The van der Waals surface area contributed by atoms with E-state index in [9.17, 15) is 4.79 Å². The van der Waals surface area contributed by atoms with Crippen LogP contribution in [0.4, 0.5) is 0 Å². The lowest BCUT2D eigenvalue weighted by Crippen LogP contribution is -2.21. The van der Waals surface area contributed by atoms with Gasteiger partial charge in [-0.2, -0.15) is 5.10 Å². The second-order valence-electron chi connectivity index (χ2n) is 4.95. The van der Waals surface area contributed by atoms with Crippen LogP contribution in [0.3, 0.4) is 0 Å². The Morgan fingerprint density at radius 1 is 1.00 bits per heavy atom. The van der Waals surface area contributed by atoms with Crippen LogP contribution in [0.2, 0.25) is 0 Å². The fraction of sp³-hybridized carbons (Fsp3) is 0.222. The number of hydrazone groups is 1. The topological polar surface area (TPSA) is 41.5 Å². The molecule has 0 saturated carbocycles. The minimum Gasteiger partial charge on any atom is -0.273 e. The zero-order chi connectivity index (χ0) is 15.1. The highest BCUT2D eigenvalue weighted by Gasteiger charge is 2.03. The standard InChI is InChI=1S/C18H20N2O/c1-3-15-9-11-17(12-10-15)14(2)19-20-18(21)13-16-7-5-4-6-8-16/h4-12H,3,13H2,1-2H3,(H,20,21)/b19-14+. The Kier molecular flexibility index (Phi) is 5.27. The SMILES string of the molecule is CCc1ccc(/C(C)=N/NC(=O)Cc2ccccc2)cc1. The summed E-state index contributed by atoms with van der Waals surface area (Å²) >= 11 is 0. The van der Waals surface area contributed by atoms with Crippen LogP contribution in [0.15, 0.2) is 59.7 Å². The second kappa shape index (κ2) is 7.39. The van der Waals surface area contributed by atoms with Gasteiger partial charge in [-0.3, -0.25) is 4.79 Å². The van der Waals surface area contributed by atoms with Crippen LogP contribution in [0.1, 0.15) is 30.5 Å². The molecule has 0 bridgehead atoms. The zero-order valence-electron chi connectivity index (χ0n) is 12.5. The van der Waals surface area contributed by atoms with Gasteiger partial charge >= 0.3 is 0 Å². The van der Waals surface area contributed by atoms with E-state index in [1.807, 2.05) is 49.4 Å². The van der Waals surface area contributed by atoms with Gasteiger partial charge in [-0.25, -0.2) is 5.43 Å². The molecule has 108 valence electrons. The molecule has 0 heterocycles. The summed E-state index contributed by atoms with van der Waals surface area (Å²) in [6.45, 7) is 4.02. The molecule has 3 nitrogen and oxygen atoms in total. The molecular weight excluding hydrogens is 260 g/mol. The van der Waals surface area contributed by atoms with Crippen molar-refractivity contribution in [1.82, 2.24) is 5.43 Å². The normalized spacial score (nSPS) is 11.2. The number of nitrogens with one attached hydrogen (secondary N) is 1. The van der Waals surface area contributed by atoms with Crippen molar-refractivity contribution in [2.75, 3.05) is 0 Å². The van der Waals surface area contributed by atoms with E-state index in [0.717, 1.165) is 23.3 Å².